The van der Waals surface area contributed by atoms with Crippen molar-refractivity contribution in [1.82, 2.24) is 0 Å². The van der Waals surface area contributed by atoms with Crippen molar-refractivity contribution in [1.29, 1.82) is 0 Å². The van der Waals surface area contributed by atoms with Crippen LogP contribution in [-0.2, 0) is 0 Å². The molecule has 2 nitrogen and oxygen atoms in total. The molecule has 2 N–H and O–H groups in total. The Balaban J connectivity index is 2.14. The van der Waals surface area contributed by atoms with Crippen LogP contribution in [0.25, 0.3) is 0 Å². The number of rotatable bonds is 1. The van der Waals surface area contributed by atoms with Gasteiger partial charge in [0.05, 0.1) is 0 Å². The Morgan fingerprint density at radius 3 is 3.00 bits per heavy atom. The van der Waals surface area contributed by atoms with Gasteiger partial charge in [0.25, 0.3) is 0 Å². The molecule has 1 fully saturated rings. The second-order valence-electron chi connectivity index (χ2n) is 3.83. The minimum absolute atomic E-state index is 0.336. The Labute approximate surface area is 93.2 Å². The van der Waals surface area contributed by atoms with Gasteiger partial charge in [-0.05, 0) is 31.0 Å². The third-order valence-corrected chi connectivity index (χ3v) is 3.12. The van der Waals surface area contributed by atoms with Gasteiger partial charge in [-0.1, -0.05) is 22.0 Å². The van der Waals surface area contributed by atoms with E-state index in [0.717, 1.165) is 24.0 Å². The van der Waals surface area contributed by atoms with E-state index in [2.05, 4.69) is 39.0 Å². The molecule has 1 saturated heterocycles. The van der Waals surface area contributed by atoms with Gasteiger partial charge in [-0.3, -0.25) is 0 Å². The van der Waals surface area contributed by atoms with Crippen molar-refractivity contribution in [3.63, 3.8) is 0 Å². The highest BCUT2D eigenvalue weighted by molar-refractivity contribution is 9.10. The summed E-state index contributed by atoms with van der Waals surface area (Å²) in [7, 11) is 0. The number of halogens is 1. The Kier molecular flexibility index (Phi) is 3.08. The van der Waals surface area contributed by atoms with Crippen molar-refractivity contribution in [3.05, 3.63) is 28.7 Å². The van der Waals surface area contributed by atoms with Crippen LogP contribution in [0.15, 0.2) is 28.7 Å². The molecule has 3 heteroatoms. The average molecular weight is 255 g/mol. The fourth-order valence-corrected chi connectivity index (χ4v) is 2.30. The first-order valence-corrected chi connectivity index (χ1v) is 5.81. The van der Waals surface area contributed by atoms with Gasteiger partial charge < -0.3 is 10.6 Å². The summed E-state index contributed by atoms with van der Waals surface area (Å²) in [6, 6.07) is 8.75. The molecule has 1 unspecified atom stereocenters. The van der Waals surface area contributed by atoms with Crippen LogP contribution < -0.4 is 10.6 Å². The molecular formula is C11H15BrN2. The van der Waals surface area contributed by atoms with E-state index in [1.807, 2.05) is 6.07 Å². The van der Waals surface area contributed by atoms with E-state index in [1.54, 1.807) is 0 Å². The summed E-state index contributed by atoms with van der Waals surface area (Å²) < 4.78 is 1.13. The Morgan fingerprint density at radius 1 is 1.43 bits per heavy atom. The van der Waals surface area contributed by atoms with Gasteiger partial charge in [-0.15, -0.1) is 0 Å². The smallest absolute Gasteiger partial charge is 0.0378 e. The number of hydrogen-bond acceptors (Lipinski definition) is 2. The SMILES string of the molecule is NC1CCCN(c2cccc(Br)c2)C1. The molecule has 1 aromatic carbocycles. The van der Waals surface area contributed by atoms with E-state index < -0.39 is 0 Å². The molecule has 0 bridgehead atoms. The molecule has 0 aromatic heterocycles. The molecule has 1 aliphatic rings. The van der Waals surface area contributed by atoms with Crippen molar-refractivity contribution < 1.29 is 0 Å². The number of hydrogen-bond donors (Lipinski definition) is 1. The van der Waals surface area contributed by atoms with Gasteiger partial charge in [0.2, 0.25) is 0 Å². The van der Waals surface area contributed by atoms with Crippen LogP contribution in [0, 0.1) is 0 Å². The molecule has 14 heavy (non-hydrogen) atoms. The monoisotopic (exact) mass is 254 g/mol. The van der Waals surface area contributed by atoms with Gasteiger partial charge in [-0.2, -0.15) is 0 Å². The number of piperidine rings is 1. The van der Waals surface area contributed by atoms with Crippen molar-refractivity contribution in [2.45, 2.75) is 18.9 Å². The second-order valence-corrected chi connectivity index (χ2v) is 4.74. The van der Waals surface area contributed by atoms with Gasteiger partial charge in [-0.25, -0.2) is 0 Å². The van der Waals surface area contributed by atoms with Gasteiger partial charge in [0.1, 0.15) is 0 Å². The Morgan fingerprint density at radius 2 is 2.29 bits per heavy atom. The third-order valence-electron chi connectivity index (χ3n) is 2.63. The fraction of sp³-hybridized carbons (Fsp3) is 0.455. The van der Waals surface area contributed by atoms with E-state index in [4.69, 9.17) is 5.73 Å². The van der Waals surface area contributed by atoms with E-state index >= 15 is 0 Å². The number of benzene rings is 1. The predicted octanol–water partition coefficient (Wildman–Crippen LogP) is 2.38. The van der Waals surface area contributed by atoms with Crippen LogP contribution >= 0.6 is 15.9 Å². The van der Waals surface area contributed by atoms with Crippen molar-refractivity contribution in [2.24, 2.45) is 5.73 Å². The molecule has 0 radical (unpaired) electrons. The van der Waals surface area contributed by atoms with Crippen molar-refractivity contribution in [3.8, 4) is 0 Å². The molecule has 0 spiro atoms. The largest absolute Gasteiger partial charge is 0.370 e. The Bertz CT molecular complexity index is 314. The molecule has 0 saturated carbocycles. The number of nitrogens with two attached hydrogens (primary N) is 1. The van der Waals surface area contributed by atoms with E-state index in [0.29, 0.717) is 6.04 Å². The van der Waals surface area contributed by atoms with Crippen LogP contribution in [0.2, 0.25) is 0 Å². The number of nitrogens with zero attached hydrogens (tertiary/aromatic N) is 1. The quantitative estimate of drug-likeness (QED) is 0.834. The normalized spacial score (nSPS) is 22.4. The first-order valence-electron chi connectivity index (χ1n) is 5.02. The molecule has 1 aromatic rings. The molecule has 0 amide bonds. The van der Waals surface area contributed by atoms with Gasteiger partial charge in [0, 0.05) is 29.3 Å². The maximum Gasteiger partial charge on any atom is 0.0378 e. The van der Waals surface area contributed by atoms with Crippen molar-refractivity contribution in [2.75, 3.05) is 18.0 Å². The van der Waals surface area contributed by atoms with Crippen LogP contribution in [0.1, 0.15) is 12.8 Å². The molecule has 1 heterocycles. The van der Waals surface area contributed by atoms with Crippen molar-refractivity contribution >= 4 is 21.6 Å². The molecule has 1 atom stereocenters. The predicted molar refractivity (Wildman–Crippen MR) is 63.6 cm³/mol. The highest BCUT2D eigenvalue weighted by Gasteiger charge is 2.16. The molecule has 76 valence electrons. The van der Waals surface area contributed by atoms with Gasteiger partial charge >= 0.3 is 0 Å². The third kappa shape index (κ3) is 2.28. The van der Waals surface area contributed by atoms with Crippen LogP contribution in [0.4, 0.5) is 5.69 Å². The lowest BCUT2D eigenvalue weighted by Crippen LogP contribution is -2.42. The average Bonchev–Trinajstić information content (AvgIpc) is 2.18. The summed E-state index contributed by atoms with van der Waals surface area (Å²) in [6.45, 7) is 2.11. The van der Waals surface area contributed by atoms with E-state index in [-0.39, 0.29) is 0 Å². The van der Waals surface area contributed by atoms with Gasteiger partial charge in [0.15, 0.2) is 0 Å². The van der Waals surface area contributed by atoms with Crippen LogP contribution in [0.5, 0.6) is 0 Å². The molecule has 0 aliphatic carbocycles. The standard InChI is InChI=1S/C11H15BrN2/c12-9-3-1-5-11(7-9)14-6-2-4-10(13)8-14/h1,3,5,7,10H,2,4,6,8,13H2. The summed E-state index contributed by atoms with van der Waals surface area (Å²) in [5, 5.41) is 0. The lowest BCUT2D eigenvalue weighted by atomic mass is 10.1. The number of anilines is 1. The highest BCUT2D eigenvalue weighted by Crippen LogP contribution is 2.22. The second kappa shape index (κ2) is 4.32. The summed E-state index contributed by atoms with van der Waals surface area (Å²) in [5.74, 6) is 0. The lowest BCUT2D eigenvalue weighted by Gasteiger charge is -2.32. The summed E-state index contributed by atoms with van der Waals surface area (Å²) >= 11 is 3.49. The first-order chi connectivity index (χ1) is 6.75. The molecule has 1 aliphatic heterocycles. The van der Waals surface area contributed by atoms with E-state index in [1.165, 1.54) is 12.1 Å². The first kappa shape index (κ1) is 9.99. The maximum atomic E-state index is 5.95. The summed E-state index contributed by atoms with van der Waals surface area (Å²) in [4.78, 5) is 2.36. The zero-order valence-electron chi connectivity index (χ0n) is 8.12. The summed E-state index contributed by atoms with van der Waals surface area (Å²) in [6.07, 6.45) is 2.36. The zero-order valence-corrected chi connectivity index (χ0v) is 9.70. The van der Waals surface area contributed by atoms with E-state index in [9.17, 15) is 0 Å². The topological polar surface area (TPSA) is 29.3 Å². The summed E-state index contributed by atoms with van der Waals surface area (Å²) in [5.41, 5.74) is 7.22. The molecular weight excluding hydrogens is 240 g/mol. The van der Waals surface area contributed by atoms with Crippen LogP contribution in [0.3, 0.4) is 0 Å². The minimum atomic E-state index is 0.336. The zero-order chi connectivity index (χ0) is 9.97. The maximum absolute atomic E-state index is 5.95. The fourth-order valence-electron chi connectivity index (χ4n) is 1.92. The lowest BCUT2D eigenvalue weighted by molar-refractivity contribution is 0.506. The molecule has 2 rings (SSSR count). The minimum Gasteiger partial charge on any atom is -0.370 e. The Hall–Kier alpha value is -0.540. The van der Waals surface area contributed by atoms with Crippen LogP contribution in [-0.4, -0.2) is 19.1 Å². The highest BCUT2D eigenvalue weighted by atomic mass is 79.9.